The Hall–Kier alpha value is -4.02. The zero-order valence-corrected chi connectivity index (χ0v) is 27.3. The molecule has 0 aromatic heterocycles. The van der Waals surface area contributed by atoms with Gasteiger partial charge in [-0.25, -0.2) is 4.79 Å². The molecule has 0 saturated carbocycles. The van der Waals surface area contributed by atoms with Crippen LogP contribution in [0.3, 0.4) is 0 Å². The molecular weight excluding hydrogens is 609 g/mol. The van der Waals surface area contributed by atoms with Crippen LogP contribution in [0.15, 0.2) is 84.9 Å². The molecule has 0 heterocycles. The maximum absolute atomic E-state index is 13.1. The smallest absolute Gasteiger partial charge is 0.407 e. The molecule has 3 aromatic carbocycles. The van der Waals surface area contributed by atoms with Gasteiger partial charge < -0.3 is 29.2 Å². The van der Waals surface area contributed by atoms with Gasteiger partial charge in [-0.05, 0) is 47.9 Å². The molecule has 0 bridgehead atoms. The molecule has 248 valence electrons. The summed E-state index contributed by atoms with van der Waals surface area (Å²) in [5.41, 5.74) is 3.95. The lowest BCUT2D eigenvalue weighted by atomic mass is 10.0. The van der Waals surface area contributed by atoms with Crippen molar-refractivity contribution in [3.05, 3.63) is 96.1 Å². The molecule has 0 fully saturated rings. The van der Waals surface area contributed by atoms with Gasteiger partial charge in [0, 0.05) is 27.3 Å². The first-order chi connectivity index (χ1) is 22.3. The summed E-state index contributed by atoms with van der Waals surface area (Å²) >= 11 is 0. The third-order valence-electron chi connectivity index (χ3n) is 7.10. The van der Waals surface area contributed by atoms with Gasteiger partial charge in [0.25, 0.3) is 0 Å². The maximum Gasteiger partial charge on any atom is 0.407 e. The Bertz CT molecular complexity index is 1380. The minimum absolute atomic E-state index is 0.00762. The molecule has 2 amide bonds. The minimum Gasteiger partial charge on any atom is -0.466 e. The first-order valence-electron chi connectivity index (χ1n) is 15.3. The monoisotopic (exact) mass is 653 g/mol. The molecule has 3 rings (SSSR count). The standard InChI is InChI=1S/C34H44N3O8P/c1-42-46(41,43-2)26-37-31(24-27-16-18-30(19-17-27)29-14-8-4-9-15-29)33(39)35-22-20-32(38)44-23-11-5-10-21-36-34(40)45-25-28-12-6-3-7-13-28/h3-4,6-9,12-19,31,37H,5,10-11,20-26H2,1-2H3,(H,35,39)(H,36,40). The van der Waals surface area contributed by atoms with Gasteiger partial charge in [-0.2, -0.15) is 0 Å². The lowest BCUT2D eigenvalue weighted by molar-refractivity contribution is -0.143. The number of nitrogens with one attached hydrogen (secondary N) is 3. The SMILES string of the molecule is COP(=O)(CNC(Cc1ccc(-c2ccccc2)cc1)C(=O)NCCC(=O)OCCCCCNC(=O)OCc1ccccc1)OC. The van der Waals surface area contributed by atoms with Crippen LogP contribution >= 0.6 is 7.60 Å². The van der Waals surface area contributed by atoms with Crippen LogP contribution in [0.1, 0.15) is 36.8 Å². The van der Waals surface area contributed by atoms with Crippen molar-refractivity contribution in [1.82, 2.24) is 16.0 Å². The van der Waals surface area contributed by atoms with Gasteiger partial charge in [0.15, 0.2) is 0 Å². The van der Waals surface area contributed by atoms with Crippen molar-refractivity contribution in [1.29, 1.82) is 0 Å². The Morgan fingerprint density at radius 3 is 2.04 bits per heavy atom. The summed E-state index contributed by atoms with van der Waals surface area (Å²) in [5.74, 6) is -0.777. The summed E-state index contributed by atoms with van der Waals surface area (Å²) in [6.45, 7) is 1.01. The lowest BCUT2D eigenvalue weighted by Crippen LogP contribution is -2.46. The Kier molecular flexibility index (Phi) is 16.0. The summed E-state index contributed by atoms with van der Waals surface area (Å²) in [4.78, 5) is 37.1. The molecular formula is C34H44N3O8P. The van der Waals surface area contributed by atoms with E-state index >= 15 is 0 Å². The van der Waals surface area contributed by atoms with Crippen LogP contribution in [0.25, 0.3) is 11.1 Å². The first-order valence-corrected chi connectivity index (χ1v) is 17.0. The average Bonchev–Trinajstić information content (AvgIpc) is 3.09. The van der Waals surface area contributed by atoms with E-state index < -0.39 is 25.7 Å². The van der Waals surface area contributed by atoms with E-state index in [2.05, 4.69) is 16.0 Å². The zero-order valence-electron chi connectivity index (χ0n) is 26.4. The van der Waals surface area contributed by atoms with Crippen LogP contribution in [0.5, 0.6) is 0 Å². The minimum atomic E-state index is -3.40. The Labute approximate surface area is 270 Å². The summed E-state index contributed by atoms with van der Waals surface area (Å²) in [6, 6.07) is 26.5. The number of hydrogen-bond acceptors (Lipinski definition) is 9. The number of rotatable bonds is 20. The number of hydrogen-bond donors (Lipinski definition) is 3. The Morgan fingerprint density at radius 2 is 1.37 bits per heavy atom. The highest BCUT2D eigenvalue weighted by molar-refractivity contribution is 7.53. The normalized spacial score (nSPS) is 11.8. The van der Waals surface area contributed by atoms with Gasteiger partial charge in [-0.3, -0.25) is 19.5 Å². The molecule has 0 aliphatic carbocycles. The number of alkyl carbamates (subject to hydrolysis) is 1. The Balaban J connectivity index is 1.35. The second kappa shape index (κ2) is 20.2. The molecule has 12 heteroatoms. The van der Waals surface area contributed by atoms with E-state index in [4.69, 9.17) is 18.5 Å². The van der Waals surface area contributed by atoms with Crippen LogP contribution in [-0.2, 0) is 45.7 Å². The molecule has 0 aliphatic heterocycles. The molecule has 0 aliphatic rings. The highest BCUT2D eigenvalue weighted by Gasteiger charge is 2.26. The van der Waals surface area contributed by atoms with Crippen molar-refractivity contribution < 1.29 is 37.5 Å². The third-order valence-corrected chi connectivity index (χ3v) is 8.78. The highest BCUT2D eigenvalue weighted by Crippen LogP contribution is 2.44. The fourth-order valence-electron chi connectivity index (χ4n) is 4.42. The Morgan fingerprint density at radius 1 is 0.717 bits per heavy atom. The topological polar surface area (TPSA) is 141 Å². The molecule has 1 unspecified atom stereocenters. The van der Waals surface area contributed by atoms with Crippen LogP contribution in [0.4, 0.5) is 4.79 Å². The predicted octanol–water partition coefficient (Wildman–Crippen LogP) is 5.44. The number of esters is 1. The van der Waals surface area contributed by atoms with Crippen molar-refractivity contribution in [3.8, 4) is 11.1 Å². The van der Waals surface area contributed by atoms with Crippen molar-refractivity contribution >= 4 is 25.6 Å². The summed E-state index contributed by atoms with van der Waals surface area (Å²) < 4.78 is 33.0. The van der Waals surface area contributed by atoms with Gasteiger partial charge in [0.05, 0.1) is 25.4 Å². The highest BCUT2D eigenvalue weighted by atomic mass is 31.2. The molecule has 0 radical (unpaired) electrons. The number of unbranched alkanes of at least 4 members (excludes halogenated alkanes) is 2. The molecule has 3 N–H and O–H groups in total. The fraction of sp³-hybridized carbons (Fsp3) is 0.382. The van der Waals surface area contributed by atoms with Crippen LogP contribution in [0.2, 0.25) is 0 Å². The molecule has 0 spiro atoms. The third kappa shape index (κ3) is 13.5. The second-order valence-corrected chi connectivity index (χ2v) is 12.7. The van der Waals surface area contributed by atoms with Gasteiger partial charge in [-0.1, -0.05) is 84.9 Å². The summed E-state index contributed by atoms with van der Waals surface area (Å²) in [7, 11) is -0.829. The van der Waals surface area contributed by atoms with E-state index in [1.54, 1.807) is 0 Å². The number of amides is 2. The van der Waals surface area contributed by atoms with E-state index in [9.17, 15) is 18.9 Å². The first kappa shape index (κ1) is 36.4. The van der Waals surface area contributed by atoms with Crippen molar-refractivity contribution in [2.45, 2.75) is 44.8 Å². The second-order valence-electron chi connectivity index (χ2n) is 10.5. The van der Waals surface area contributed by atoms with E-state index in [1.165, 1.54) is 14.2 Å². The predicted molar refractivity (Wildman–Crippen MR) is 176 cm³/mol. The van der Waals surface area contributed by atoms with Gasteiger partial charge in [0.1, 0.15) is 6.61 Å². The van der Waals surface area contributed by atoms with Crippen molar-refractivity contribution in [2.75, 3.05) is 40.2 Å². The van der Waals surface area contributed by atoms with Crippen LogP contribution in [0, 0.1) is 0 Å². The van der Waals surface area contributed by atoms with E-state index in [-0.39, 0.29) is 38.4 Å². The molecule has 3 aromatic rings. The number of ether oxygens (including phenoxy) is 2. The molecule has 11 nitrogen and oxygen atoms in total. The largest absolute Gasteiger partial charge is 0.466 e. The van der Waals surface area contributed by atoms with Crippen LogP contribution in [-0.4, -0.2) is 64.2 Å². The van der Waals surface area contributed by atoms with Crippen molar-refractivity contribution in [3.63, 3.8) is 0 Å². The van der Waals surface area contributed by atoms with E-state index in [0.29, 0.717) is 19.4 Å². The molecule has 46 heavy (non-hydrogen) atoms. The molecule has 0 saturated heterocycles. The van der Waals surface area contributed by atoms with Gasteiger partial charge in [0.2, 0.25) is 5.91 Å². The molecule has 1 atom stereocenters. The summed E-state index contributed by atoms with van der Waals surface area (Å²) in [6.07, 6.45) is 1.82. The van der Waals surface area contributed by atoms with Crippen LogP contribution < -0.4 is 16.0 Å². The van der Waals surface area contributed by atoms with Crippen molar-refractivity contribution in [2.24, 2.45) is 0 Å². The number of benzene rings is 3. The summed E-state index contributed by atoms with van der Waals surface area (Å²) in [5, 5.41) is 8.47. The van der Waals surface area contributed by atoms with E-state index in [0.717, 1.165) is 35.1 Å². The lowest BCUT2D eigenvalue weighted by Gasteiger charge is -2.21. The quantitative estimate of drug-likeness (QED) is 0.0826. The number of carbonyl (C=O) groups is 3. The fourth-order valence-corrected chi connectivity index (χ4v) is 5.27. The average molecular weight is 654 g/mol. The van der Waals surface area contributed by atoms with Gasteiger partial charge >= 0.3 is 19.7 Å². The van der Waals surface area contributed by atoms with Gasteiger partial charge in [-0.15, -0.1) is 0 Å². The maximum atomic E-state index is 13.1. The van der Waals surface area contributed by atoms with E-state index in [1.807, 2.05) is 84.9 Å². The number of carbonyl (C=O) groups excluding carboxylic acids is 3. The zero-order chi connectivity index (χ0) is 33.0.